The van der Waals surface area contributed by atoms with Gasteiger partial charge in [0.2, 0.25) is 5.88 Å². The van der Waals surface area contributed by atoms with Crippen LogP contribution in [0.2, 0.25) is 0 Å². The lowest BCUT2D eigenvalue weighted by Crippen LogP contribution is -2.07. The fraction of sp³-hybridized carbons (Fsp3) is 0.500. The van der Waals surface area contributed by atoms with E-state index >= 15 is 0 Å². The van der Waals surface area contributed by atoms with Crippen molar-refractivity contribution in [2.24, 2.45) is 0 Å². The third-order valence-electron chi connectivity index (χ3n) is 1.85. The van der Waals surface area contributed by atoms with E-state index < -0.39 is 6.61 Å². The fourth-order valence-corrected chi connectivity index (χ4v) is 1.16. The summed E-state index contributed by atoms with van der Waals surface area (Å²) in [5, 5.41) is 0. The highest BCUT2D eigenvalue weighted by Gasteiger charge is 2.13. The number of aryl methyl sites for hydroxylation is 1. The molecule has 0 aliphatic rings. The molecule has 0 unspecified atom stereocenters. The maximum Gasteiger partial charge on any atom is 0.388 e. The van der Waals surface area contributed by atoms with E-state index in [1.165, 1.54) is 0 Å². The highest BCUT2D eigenvalue weighted by atomic mass is 19.3. The lowest BCUT2D eigenvalue weighted by molar-refractivity contribution is -0.0536. The molecule has 2 nitrogen and oxygen atoms in total. The van der Waals surface area contributed by atoms with Crippen LogP contribution >= 0.6 is 0 Å². The second kappa shape index (κ2) is 4.35. The van der Waals surface area contributed by atoms with Crippen LogP contribution in [0.15, 0.2) is 12.1 Å². The molecule has 1 aromatic heterocycles. The maximum absolute atomic E-state index is 12.0. The van der Waals surface area contributed by atoms with E-state index in [2.05, 4.69) is 9.72 Å². The number of alkyl halides is 2. The van der Waals surface area contributed by atoms with Gasteiger partial charge in [-0.2, -0.15) is 8.78 Å². The first-order chi connectivity index (χ1) is 6.50. The van der Waals surface area contributed by atoms with Gasteiger partial charge in [0.25, 0.3) is 0 Å². The molecule has 1 rings (SSSR count). The molecule has 0 aliphatic heterocycles. The van der Waals surface area contributed by atoms with Crippen molar-refractivity contribution in [1.29, 1.82) is 0 Å². The lowest BCUT2D eigenvalue weighted by atomic mass is 10.0. The van der Waals surface area contributed by atoms with E-state index in [0.717, 1.165) is 0 Å². The molecule has 0 aliphatic carbocycles. The van der Waals surface area contributed by atoms with Crippen molar-refractivity contribution in [3.8, 4) is 5.88 Å². The third kappa shape index (κ3) is 2.65. The molecule has 0 saturated carbocycles. The normalized spacial score (nSPS) is 11.1. The summed E-state index contributed by atoms with van der Waals surface area (Å²) in [4.78, 5) is 3.93. The van der Waals surface area contributed by atoms with E-state index in [1.807, 2.05) is 13.8 Å². The number of pyridine rings is 1. The van der Waals surface area contributed by atoms with Crippen molar-refractivity contribution in [2.75, 3.05) is 0 Å². The monoisotopic (exact) mass is 201 g/mol. The second-order valence-electron chi connectivity index (χ2n) is 3.38. The minimum atomic E-state index is -2.82. The van der Waals surface area contributed by atoms with Crippen molar-refractivity contribution >= 4 is 0 Å². The topological polar surface area (TPSA) is 22.1 Å². The van der Waals surface area contributed by atoms with Crippen LogP contribution in [-0.4, -0.2) is 11.6 Å². The average molecular weight is 201 g/mol. The Kier molecular flexibility index (Phi) is 3.38. The minimum Gasteiger partial charge on any atom is -0.417 e. The van der Waals surface area contributed by atoms with Gasteiger partial charge in [0.1, 0.15) is 0 Å². The first-order valence-electron chi connectivity index (χ1n) is 4.43. The summed E-state index contributed by atoms with van der Waals surface area (Å²) in [7, 11) is 0. The molecular formula is C10H13F2NO. The van der Waals surface area contributed by atoms with Crippen LogP contribution in [0.1, 0.15) is 31.0 Å². The molecule has 0 spiro atoms. The van der Waals surface area contributed by atoms with Gasteiger partial charge >= 0.3 is 6.61 Å². The molecule has 0 bridgehead atoms. The quantitative estimate of drug-likeness (QED) is 0.749. The summed E-state index contributed by atoms with van der Waals surface area (Å²) >= 11 is 0. The Hall–Kier alpha value is -1.19. The Bertz CT molecular complexity index is 313. The molecule has 0 atom stereocenters. The summed E-state index contributed by atoms with van der Waals surface area (Å²) in [5.74, 6) is 0.159. The van der Waals surface area contributed by atoms with Crippen LogP contribution in [0.3, 0.4) is 0 Å². The van der Waals surface area contributed by atoms with E-state index in [0.29, 0.717) is 11.3 Å². The molecular weight excluding hydrogens is 188 g/mol. The Morgan fingerprint density at radius 2 is 1.93 bits per heavy atom. The second-order valence-corrected chi connectivity index (χ2v) is 3.38. The standard InChI is InChI=1S/C10H13F2NO/c1-6(2)8-5-4-7(3)13-9(8)14-10(11)12/h4-6,10H,1-3H3. The fourth-order valence-electron chi connectivity index (χ4n) is 1.16. The summed E-state index contributed by atoms with van der Waals surface area (Å²) < 4.78 is 28.4. The predicted molar refractivity (Wildman–Crippen MR) is 49.7 cm³/mol. The van der Waals surface area contributed by atoms with Crippen molar-refractivity contribution < 1.29 is 13.5 Å². The van der Waals surface area contributed by atoms with Crippen LogP contribution in [0, 0.1) is 6.92 Å². The summed E-state index contributed by atoms with van der Waals surface area (Å²) in [6, 6.07) is 3.55. The molecule has 0 fully saturated rings. The number of hydrogen-bond acceptors (Lipinski definition) is 2. The number of halogens is 2. The van der Waals surface area contributed by atoms with Gasteiger partial charge < -0.3 is 4.74 Å². The van der Waals surface area contributed by atoms with Crippen LogP contribution in [0.5, 0.6) is 5.88 Å². The Morgan fingerprint density at radius 3 is 2.43 bits per heavy atom. The first-order valence-corrected chi connectivity index (χ1v) is 4.43. The van der Waals surface area contributed by atoms with Gasteiger partial charge in [-0.15, -0.1) is 0 Å². The zero-order valence-electron chi connectivity index (χ0n) is 8.42. The SMILES string of the molecule is Cc1ccc(C(C)C)c(OC(F)F)n1. The van der Waals surface area contributed by atoms with Gasteiger partial charge in [0.05, 0.1) is 0 Å². The molecule has 0 saturated heterocycles. The molecule has 0 aromatic carbocycles. The highest BCUT2D eigenvalue weighted by Crippen LogP contribution is 2.25. The zero-order chi connectivity index (χ0) is 10.7. The van der Waals surface area contributed by atoms with Gasteiger partial charge in [-0.25, -0.2) is 4.98 Å². The van der Waals surface area contributed by atoms with Gasteiger partial charge in [-0.1, -0.05) is 19.9 Å². The van der Waals surface area contributed by atoms with Gasteiger partial charge in [-0.3, -0.25) is 0 Å². The number of hydrogen-bond donors (Lipinski definition) is 0. The van der Waals surface area contributed by atoms with E-state index in [1.54, 1.807) is 19.1 Å². The molecule has 78 valence electrons. The maximum atomic E-state index is 12.0. The molecule has 4 heteroatoms. The summed E-state index contributed by atoms with van der Waals surface area (Å²) in [6.07, 6.45) is 0. The van der Waals surface area contributed by atoms with Crippen LogP contribution < -0.4 is 4.74 Å². The molecule has 0 radical (unpaired) electrons. The average Bonchev–Trinajstić information content (AvgIpc) is 2.01. The Balaban J connectivity index is 3.03. The Morgan fingerprint density at radius 1 is 1.29 bits per heavy atom. The molecule has 0 amide bonds. The smallest absolute Gasteiger partial charge is 0.388 e. The van der Waals surface area contributed by atoms with Gasteiger partial charge in [0.15, 0.2) is 0 Å². The van der Waals surface area contributed by atoms with E-state index in [4.69, 9.17) is 0 Å². The predicted octanol–water partition coefficient (Wildman–Crippen LogP) is 3.11. The van der Waals surface area contributed by atoms with Gasteiger partial charge in [-0.05, 0) is 18.9 Å². The highest BCUT2D eigenvalue weighted by molar-refractivity contribution is 5.30. The molecule has 0 N–H and O–H groups in total. The number of rotatable bonds is 3. The van der Waals surface area contributed by atoms with Crippen molar-refractivity contribution in [2.45, 2.75) is 33.3 Å². The molecule has 1 aromatic rings. The lowest BCUT2D eigenvalue weighted by Gasteiger charge is -2.12. The third-order valence-corrected chi connectivity index (χ3v) is 1.85. The summed E-state index contributed by atoms with van der Waals surface area (Å²) in [6.45, 7) is 2.74. The number of nitrogens with zero attached hydrogens (tertiary/aromatic N) is 1. The Labute approximate surface area is 81.9 Å². The van der Waals surface area contributed by atoms with Crippen molar-refractivity contribution in [1.82, 2.24) is 4.98 Å². The molecule has 1 heterocycles. The molecule has 14 heavy (non-hydrogen) atoms. The number of aromatic nitrogens is 1. The van der Waals surface area contributed by atoms with Crippen LogP contribution in [-0.2, 0) is 0 Å². The van der Waals surface area contributed by atoms with E-state index in [9.17, 15) is 8.78 Å². The number of ether oxygens (including phenoxy) is 1. The zero-order valence-corrected chi connectivity index (χ0v) is 8.42. The van der Waals surface area contributed by atoms with Crippen molar-refractivity contribution in [3.05, 3.63) is 23.4 Å². The van der Waals surface area contributed by atoms with E-state index in [-0.39, 0.29) is 11.8 Å². The van der Waals surface area contributed by atoms with Crippen LogP contribution in [0.25, 0.3) is 0 Å². The largest absolute Gasteiger partial charge is 0.417 e. The minimum absolute atomic E-state index is 0.0370. The summed E-state index contributed by atoms with van der Waals surface area (Å²) in [5.41, 5.74) is 1.38. The first kappa shape index (κ1) is 10.9. The van der Waals surface area contributed by atoms with Crippen molar-refractivity contribution in [3.63, 3.8) is 0 Å². The van der Waals surface area contributed by atoms with Gasteiger partial charge in [0, 0.05) is 11.3 Å². The van der Waals surface area contributed by atoms with Crippen LogP contribution in [0.4, 0.5) is 8.78 Å².